The van der Waals surface area contributed by atoms with E-state index >= 15 is 0 Å². The fourth-order valence-electron chi connectivity index (χ4n) is 2.20. The second-order valence-electron chi connectivity index (χ2n) is 4.71. The summed E-state index contributed by atoms with van der Waals surface area (Å²) in [6.45, 7) is 0. The summed E-state index contributed by atoms with van der Waals surface area (Å²) in [7, 11) is 0. The number of unbranched alkanes of at least 4 members (excludes halogenated alkanes) is 1. The summed E-state index contributed by atoms with van der Waals surface area (Å²) in [6, 6.07) is 4.48. The molecule has 0 aromatic heterocycles. The molecule has 0 bridgehead atoms. The van der Waals surface area contributed by atoms with Crippen molar-refractivity contribution in [2.24, 2.45) is 0 Å². The van der Waals surface area contributed by atoms with Gasteiger partial charge < -0.3 is 10.8 Å². The number of hydrogen-bond acceptors (Lipinski definition) is 5. The number of carbonyl (C=O) groups is 4. The van der Waals surface area contributed by atoms with Crippen molar-refractivity contribution < 1.29 is 24.3 Å². The molecule has 7 heteroatoms. The number of nitrogens with two attached hydrogens (primary N) is 1. The zero-order valence-electron chi connectivity index (χ0n) is 11.2. The Morgan fingerprint density at radius 2 is 1.76 bits per heavy atom. The minimum Gasteiger partial charge on any atom is -0.481 e. The lowest BCUT2D eigenvalue weighted by atomic mass is 10.1. The molecule has 3 N–H and O–H groups in total. The quantitative estimate of drug-likeness (QED) is 0.475. The van der Waals surface area contributed by atoms with Gasteiger partial charge in [0, 0.05) is 18.5 Å². The van der Waals surface area contributed by atoms with Crippen LogP contribution in [0, 0.1) is 0 Å². The van der Waals surface area contributed by atoms with E-state index in [1.807, 2.05) is 0 Å². The predicted octanol–water partition coefficient (Wildman–Crippen LogP) is 1.04. The van der Waals surface area contributed by atoms with Crippen molar-refractivity contribution in [3.05, 3.63) is 29.3 Å². The molecule has 7 nitrogen and oxygen atoms in total. The van der Waals surface area contributed by atoms with Crippen LogP contribution >= 0.6 is 0 Å². The van der Waals surface area contributed by atoms with Gasteiger partial charge in [-0.25, -0.2) is 4.90 Å². The average molecular weight is 290 g/mol. The fraction of sp³-hybridized carbons (Fsp3) is 0.286. The molecule has 3 amide bonds. The normalized spacial score (nSPS) is 13.4. The maximum atomic E-state index is 12.1. The largest absolute Gasteiger partial charge is 0.481 e. The van der Waals surface area contributed by atoms with E-state index in [2.05, 4.69) is 0 Å². The Hall–Kier alpha value is -2.70. The molecule has 1 aliphatic heterocycles. The number of anilines is 1. The van der Waals surface area contributed by atoms with Crippen molar-refractivity contribution in [3.63, 3.8) is 0 Å². The van der Waals surface area contributed by atoms with Gasteiger partial charge in [-0.15, -0.1) is 0 Å². The maximum Gasteiger partial charge on any atom is 0.303 e. The zero-order valence-corrected chi connectivity index (χ0v) is 11.2. The third-order valence-electron chi connectivity index (χ3n) is 3.23. The van der Waals surface area contributed by atoms with E-state index in [9.17, 15) is 19.2 Å². The van der Waals surface area contributed by atoms with E-state index in [-0.39, 0.29) is 29.7 Å². The molecule has 0 aliphatic carbocycles. The van der Waals surface area contributed by atoms with Crippen LogP contribution in [-0.2, 0) is 9.59 Å². The number of hydrogen-bond donors (Lipinski definition) is 2. The number of benzene rings is 1. The second-order valence-corrected chi connectivity index (χ2v) is 4.71. The smallest absolute Gasteiger partial charge is 0.303 e. The van der Waals surface area contributed by atoms with Gasteiger partial charge in [-0.05, 0) is 25.0 Å². The number of fused-ring (bicyclic) bond motifs is 1. The van der Waals surface area contributed by atoms with Crippen molar-refractivity contribution in [1.29, 1.82) is 0 Å². The van der Waals surface area contributed by atoms with Crippen LogP contribution in [0.4, 0.5) is 5.69 Å². The van der Waals surface area contributed by atoms with Crippen molar-refractivity contribution >= 4 is 29.4 Å². The Balaban J connectivity index is 2.07. The fourth-order valence-corrected chi connectivity index (χ4v) is 2.20. The molecular weight excluding hydrogens is 276 g/mol. The Labute approximate surface area is 120 Å². The van der Waals surface area contributed by atoms with E-state index in [0.717, 1.165) is 0 Å². The molecule has 110 valence electrons. The number of amides is 3. The first-order valence-corrected chi connectivity index (χ1v) is 6.45. The van der Waals surface area contributed by atoms with Crippen LogP contribution in [0.15, 0.2) is 18.2 Å². The molecule has 21 heavy (non-hydrogen) atoms. The third-order valence-corrected chi connectivity index (χ3v) is 3.23. The highest BCUT2D eigenvalue weighted by Gasteiger charge is 2.40. The first-order chi connectivity index (χ1) is 9.93. The lowest BCUT2D eigenvalue weighted by Crippen LogP contribution is -2.36. The van der Waals surface area contributed by atoms with Gasteiger partial charge in [0.05, 0.1) is 11.1 Å². The second kappa shape index (κ2) is 5.74. The minimum atomic E-state index is -0.948. The van der Waals surface area contributed by atoms with Gasteiger partial charge in [-0.1, -0.05) is 6.07 Å². The number of nitrogen functional groups attached to an aromatic ring is 1. The van der Waals surface area contributed by atoms with E-state index in [0.29, 0.717) is 17.7 Å². The maximum absolute atomic E-state index is 12.1. The van der Waals surface area contributed by atoms with Gasteiger partial charge in [0.2, 0.25) is 5.91 Å². The Bertz CT molecular complexity index is 638. The lowest BCUT2D eigenvalue weighted by molar-refractivity contribution is -0.137. The summed E-state index contributed by atoms with van der Waals surface area (Å²) in [5.41, 5.74) is 6.01. The molecule has 0 fully saturated rings. The van der Waals surface area contributed by atoms with Crippen LogP contribution in [0.3, 0.4) is 0 Å². The number of aliphatic carboxylic acids is 1. The van der Waals surface area contributed by atoms with Crippen molar-refractivity contribution in [2.75, 3.05) is 5.73 Å². The molecular formula is C14H14N2O5. The van der Waals surface area contributed by atoms with Gasteiger partial charge in [-0.2, -0.15) is 0 Å². The van der Waals surface area contributed by atoms with Gasteiger partial charge in [0.25, 0.3) is 11.8 Å². The van der Waals surface area contributed by atoms with Gasteiger partial charge >= 0.3 is 5.97 Å². The van der Waals surface area contributed by atoms with Crippen LogP contribution in [0.1, 0.15) is 46.4 Å². The summed E-state index contributed by atoms with van der Waals surface area (Å²) in [5.74, 6) is -2.97. The first kappa shape index (κ1) is 14.7. The summed E-state index contributed by atoms with van der Waals surface area (Å²) in [4.78, 5) is 47.1. The van der Waals surface area contributed by atoms with E-state index in [4.69, 9.17) is 10.8 Å². The van der Waals surface area contributed by atoms with E-state index < -0.39 is 23.7 Å². The van der Waals surface area contributed by atoms with E-state index in [1.54, 1.807) is 6.07 Å². The Morgan fingerprint density at radius 3 is 2.38 bits per heavy atom. The molecule has 1 heterocycles. The van der Waals surface area contributed by atoms with Gasteiger partial charge in [0.1, 0.15) is 0 Å². The molecule has 1 aromatic rings. The van der Waals surface area contributed by atoms with E-state index in [1.165, 1.54) is 12.1 Å². The van der Waals surface area contributed by atoms with Gasteiger partial charge in [-0.3, -0.25) is 19.2 Å². The third kappa shape index (κ3) is 2.76. The number of carboxylic acids is 1. The van der Waals surface area contributed by atoms with Crippen LogP contribution < -0.4 is 5.73 Å². The highest BCUT2D eigenvalue weighted by atomic mass is 16.4. The summed E-state index contributed by atoms with van der Waals surface area (Å²) in [5, 5.41) is 8.51. The molecule has 0 spiro atoms. The highest BCUT2D eigenvalue weighted by Crippen LogP contribution is 2.28. The predicted molar refractivity (Wildman–Crippen MR) is 72.5 cm³/mol. The van der Waals surface area contributed by atoms with Crippen LogP contribution in [0.5, 0.6) is 0 Å². The first-order valence-electron chi connectivity index (χ1n) is 6.45. The lowest BCUT2D eigenvalue weighted by Gasteiger charge is -2.11. The molecule has 0 atom stereocenters. The van der Waals surface area contributed by atoms with Crippen molar-refractivity contribution in [3.8, 4) is 0 Å². The summed E-state index contributed by atoms with van der Waals surface area (Å²) < 4.78 is 0. The van der Waals surface area contributed by atoms with Crippen LogP contribution in [0.2, 0.25) is 0 Å². The number of nitrogens with zero attached hydrogens (tertiary/aromatic N) is 1. The number of imide groups is 3. The summed E-state index contributed by atoms with van der Waals surface area (Å²) in [6.07, 6.45) is 0.501. The molecule has 1 aliphatic rings. The van der Waals surface area contributed by atoms with Crippen molar-refractivity contribution in [1.82, 2.24) is 4.90 Å². The monoisotopic (exact) mass is 290 g/mol. The molecule has 2 rings (SSSR count). The minimum absolute atomic E-state index is 0.0532. The summed E-state index contributed by atoms with van der Waals surface area (Å²) >= 11 is 0. The topological polar surface area (TPSA) is 118 Å². The van der Waals surface area contributed by atoms with Crippen LogP contribution in [-0.4, -0.2) is 33.7 Å². The molecule has 1 aromatic carbocycles. The average Bonchev–Trinajstić information content (AvgIpc) is 2.68. The highest BCUT2D eigenvalue weighted by molar-refractivity contribution is 6.30. The van der Waals surface area contributed by atoms with Crippen molar-refractivity contribution in [2.45, 2.75) is 25.7 Å². The molecule has 0 saturated carbocycles. The number of carbonyl (C=O) groups excluding carboxylic acids is 3. The standard InChI is InChI=1S/C14H14N2O5/c15-9-5-3-4-8-12(9)14(21)16(13(8)20)10(17)6-1-2-7-11(18)19/h3-5H,1-2,6-7,15H2,(H,18,19). The Kier molecular flexibility index (Phi) is 4.02. The number of rotatable bonds is 5. The Morgan fingerprint density at radius 1 is 1.10 bits per heavy atom. The van der Waals surface area contributed by atoms with Gasteiger partial charge in [0.15, 0.2) is 0 Å². The SMILES string of the molecule is Nc1cccc2c1C(=O)N(C(=O)CCCCC(=O)O)C2=O. The zero-order chi connectivity index (χ0) is 15.6. The molecule has 0 saturated heterocycles. The molecule has 0 unspecified atom stereocenters. The number of carboxylic acid groups (broad SMARTS) is 1. The van der Waals surface area contributed by atoms with Crippen LogP contribution in [0.25, 0.3) is 0 Å². The molecule has 0 radical (unpaired) electrons.